The van der Waals surface area contributed by atoms with E-state index in [1.807, 2.05) is 0 Å². The molecule has 0 saturated carbocycles. The molecule has 0 radical (unpaired) electrons. The molecule has 50 valence electrons. The molecule has 0 aliphatic carbocycles. The van der Waals surface area contributed by atoms with E-state index in [4.69, 9.17) is 11.6 Å². The molecular formula is C6H11N3. The predicted molar refractivity (Wildman–Crippen MR) is 39.8 cm³/mol. The van der Waals surface area contributed by atoms with E-state index in [0.29, 0.717) is 6.42 Å². The number of rotatable bonds is 3. The molecule has 0 aliphatic rings. The number of allylic oxidation sites excluding steroid dienone is 2. The summed E-state index contributed by atoms with van der Waals surface area (Å²) in [6, 6.07) is 0. The van der Waals surface area contributed by atoms with Gasteiger partial charge in [0.05, 0.1) is 6.21 Å². The van der Waals surface area contributed by atoms with Crippen LogP contribution >= 0.6 is 0 Å². The number of nitrogens with two attached hydrogens (primary N) is 2. The van der Waals surface area contributed by atoms with Crippen molar-refractivity contribution >= 4 is 6.21 Å². The monoisotopic (exact) mass is 125 g/mol. The maximum Gasteiger partial charge on any atom is 0.0515 e. The molecule has 0 unspecified atom stereocenters. The minimum atomic E-state index is 0.706. The van der Waals surface area contributed by atoms with Crippen LogP contribution in [0.2, 0.25) is 0 Å². The summed E-state index contributed by atoms with van der Waals surface area (Å²) in [4.78, 5) is 0. The molecule has 0 aliphatic heterocycles. The number of hydrogen-bond acceptors (Lipinski definition) is 3. The third-order valence-electron chi connectivity index (χ3n) is 0.834. The molecule has 0 fully saturated rings. The van der Waals surface area contributed by atoms with E-state index in [9.17, 15) is 0 Å². The first-order valence-electron chi connectivity index (χ1n) is 2.60. The Morgan fingerprint density at radius 1 is 1.67 bits per heavy atom. The van der Waals surface area contributed by atoms with Gasteiger partial charge >= 0.3 is 0 Å². The first-order chi connectivity index (χ1) is 4.35. The second-order valence-electron chi connectivity index (χ2n) is 1.51. The lowest BCUT2D eigenvalue weighted by molar-refractivity contribution is 1.23. The highest BCUT2D eigenvalue weighted by molar-refractivity contribution is 5.78. The summed E-state index contributed by atoms with van der Waals surface area (Å²) in [5.41, 5.74) is 6.06. The molecule has 3 heteroatoms. The van der Waals surface area contributed by atoms with Crippen LogP contribution in [0.15, 0.2) is 29.5 Å². The summed E-state index contributed by atoms with van der Waals surface area (Å²) < 4.78 is 0. The van der Waals surface area contributed by atoms with Gasteiger partial charge < -0.3 is 11.6 Å². The van der Waals surface area contributed by atoms with Gasteiger partial charge in [0.1, 0.15) is 0 Å². The van der Waals surface area contributed by atoms with Crippen LogP contribution in [0.5, 0.6) is 0 Å². The van der Waals surface area contributed by atoms with Crippen LogP contribution in [0, 0.1) is 0 Å². The van der Waals surface area contributed by atoms with Gasteiger partial charge in [-0.15, -0.1) is 6.58 Å². The second kappa shape index (κ2) is 4.90. The van der Waals surface area contributed by atoms with E-state index in [1.165, 1.54) is 12.4 Å². The maximum atomic E-state index is 5.19. The zero-order valence-electron chi connectivity index (χ0n) is 5.25. The highest BCUT2D eigenvalue weighted by Gasteiger charge is 1.84. The summed E-state index contributed by atoms with van der Waals surface area (Å²) in [7, 11) is 0. The van der Waals surface area contributed by atoms with Crippen molar-refractivity contribution in [3.63, 3.8) is 0 Å². The topological polar surface area (TPSA) is 64.4 Å². The fourth-order valence-corrected chi connectivity index (χ4v) is 0.426. The van der Waals surface area contributed by atoms with Gasteiger partial charge in [-0.25, -0.2) is 0 Å². The van der Waals surface area contributed by atoms with Crippen molar-refractivity contribution in [3.8, 4) is 0 Å². The van der Waals surface area contributed by atoms with Crippen LogP contribution in [-0.2, 0) is 0 Å². The fourth-order valence-electron chi connectivity index (χ4n) is 0.426. The van der Waals surface area contributed by atoms with Gasteiger partial charge in [0.25, 0.3) is 0 Å². The number of nitrogens with zero attached hydrogens (tertiary/aromatic N) is 1. The zero-order chi connectivity index (χ0) is 7.11. The van der Waals surface area contributed by atoms with Gasteiger partial charge in [0, 0.05) is 0 Å². The van der Waals surface area contributed by atoms with Gasteiger partial charge in [0.2, 0.25) is 0 Å². The zero-order valence-corrected chi connectivity index (χ0v) is 5.25. The Hall–Kier alpha value is -1.25. The average molecular weight is 125 g/mol. The summed E-state index contributed by atoms with van der Waals surface area (Å²) >= 11 is 0. The minimum absolute atomic E-state index is 0.706. The smallest absolute Gasteiger partial charge is 0.0515 e. The number of hydrogen-bond donors (Lipinski definition) is 2. The van der Waals surface area contributed by atoms with Crippen LogP contribution in [0.4, 0.5) is 0 Å². The minimum Gasteiger partial charge on any atom is -0.404 e. The van der Waals surface area contributed by atoms with E-state index < -0.39 is 0 Å². The Morgan fingerprint density at radius 2 is 2.33 bits per heavy atom. The predicted octanol–water partition coefficient (Wildman–Crippen LogP) is 0.350. The molecular weight excluding hydrogens is 114 g/mol. The van der Waals surface area contributed by atoms with Crippen LogP contribution < -0.4 is 11.6 Å². The van der Waals surface area contributed by atoms with Gasteiger partial charge in [-0.2, -0.15) is 5.10 Å². The van der Waals surface area contributed by atoms with Gasteiger partial charge in [0.15, 0.2) is 0 Å². The molecule has 9 heavy (non-hydrogen) atoms. The molecule has 0 rings (SSSR count). The van der Waals surface area contributed by atoms with Crippen molar-refractivity contribution < 1.29 is 0 Å². The van der Waals surface area contributed by atoms with Crippen LogP contribution in [0.3, 0.4) is 0 Å². The average Bonchev–Trinajstić information content (AvgIpc) is 1.88. The molecule has 0 aromatic heterocycles. The molecule has 0 atom stereocenters. The van der Waals surface area contributed by atoms with E-state index in [2.05, 4.69) is 11.7 Å². The standard InChI is InChI=1S/C6H11N3/c1-2-3-6(4-7)5-9-8/h2,4-5H,1,3,7-8H2/b6-4-,9-5+. The van der Waals surface area contributed by atoms with Crippen molar-refractivity contribution in [2.45, 2.75) is 6.42 Å². The van der Waals surface area contributed by atoms with Gasteiger partial charge in [-0.05, 0) is 18.2 Å². The molecule has 0 saturated heterocycles. The Labute approximate surface area is 54.7 Å². The molecule has 0 spiro atoms. The Balaban J connectivity index is 3.84. The normalized spacial score (nSPS) is 12.2. The molecule has 0 aromatic rings. The highest BCUT2D eigenvalue weighted by Crippen LogP contribution is 1.94. The highest BCUT2D eigenvalue weighted by atomic mass is 15.1. The van der Waals surface area contributed by atoms with E-state index in [0.717, 1.165) is 5.57 Å². The van der Waals surface area contributed by atoms with Crippen molar-refractivity contribution in [2.75, 3.05) is 0 Å². The van der Waals surface area contributed by atoms with E-state index in [1.54, 1.807) is 6.08 Å². The van der Waals surface area contributed by atoms with Gasteiger partial charge in [-0.3, -0.25) is 0 Å². The lowest BCUT2D eigenvalue weighted by Gasteiger charge is -1.90. The quantitative estimate of drug-likeness (QED) is 0.247. The maximum absolute atomic E-state index is 5.19. The van der Waals surface area contributed by atoms with Crippen molar-refractivity contribution in [3.05, 3.63) is 24.4 Å². The third kappa shape index (κ3) is 3.34. The molecule has 0 amide bonds. The lowest BCUT2D eigenvalue weighted by atomic mass is 10.2. The summed E-state index contributed by atoms with van der Waals surface area (Å²) in [5, 5.41) is 3.30. The van der Waals surface area contributed by atoms with Crippen LogP contribution in [0.25, 0.3) is 0 Å². The summed E-state index contributed by atoms with van der Waals surface area (Å²) in [6.45, 7) is 3.53. The number of hydrazone groups is 1. The van der Waals surface area contributed by atoms with Crippen LogP contribution in [-0.4, -0.2) is 6.21 Å². The Bertz CT molecular complexity index is 135. The summed E-state index contributed by atoms with van der Waals surface area (Å²) in [5.74, 6) is 4.87. The molecule has 4 N–H and O–H groups in total. The van der Waals surface area contributed by atoms with Gasteiger partial charge in [-0.1, -0.05) is 6.08 Å². The van der Waals surface area contributed by atoms with Crippen molar-refractivity contribution in [2.24, 2.45) is 16.7 Å². The summed E-state index contributed by atoms with van der Waals surface area (Å²) in [6.07, 6.45) is 5.40. The van der Waals surface area contributed by atoms with E-state index >= 15 is 0 Å². The largest absolute Gasteiger partial charge is 0.404 e. The van der Waals surface area contributed by atoms with Crippen molar-refractivity contribution in [1.82, 2.24) is 0 Å². The Morgan fingerprint density at radius 3 is 2.67 bits per heavy atom. The SMILES string of the molecule is C=CCC(=C/N)/C=N/N. The molecule has 0 heterocycles. The molecule has 0 aromatic carbocycles. The van der Waals surface area contributed by atoms with Crippen LogP contribution in [0.1, 0.15) is 6.42 Å². The first kappa shape index (κ1) is 7.75. The molecule has 3 nitrogen and oxygen atoms in total. The molecule has 0 bridgehead atoms. The van der Waals surface area contributed by atoms with Crippen molar-refractivity contribution in [1.29, 1.82) is 0 Å². The Kier molecular flexibility index (Phi) is 4.22. The first-order valence-corrected chi connectivity index (χ1v) is 2.60. The lowest BCUT2D eigenvalue weighted by Crippen LogP contribution is -1.91. The third-order valence-corrected chi connectivity index (χ3v) is 0.834. The second-order valence-corrected chi connectivity index (χ2v) is 1.51. The van der Waals surface area contributed by atoms with E-state index in [-0.39, 0.29) is 0 Å². The fraction of sp³-hybridized carbons (Fsp3) is 0.167.